The highest BCUT2D eigenvalue weighted by Gasteiger charge is 2.17. The molecule has 0 saturated heterocycles. The number of benzene rings is 1. The predicted octanol–water partition coefficient (Wildman–Crippen LogP) is 3.02. The van der Waals surface area contributed by atoms with Gasteiger partial charge in [-0.1, -0.05) is 11.3 Å². The largest absolute Gasteiger partial charge is 0.494 e. The molecule has 0 radical (unpaired) electrons. The molecule has 0 aliphatic rings. The molecule has 1 aromatic carbocycles. The van der Waals surface area contributed by atoms with E-state index in [4.69, 9.17) is 9.84 Å². The van der Waals surface area contributed by atoms with E-state index in [1.165, 1.54) is 18.4 Å². The average Bonchev–Trinajstić information content (AvgIpc) is 2.74. The molecule has 1 N–H and O–H groups in total. The number of ether oxygens (including phenoxy) is 1. The fourth-order valence-electron chi connectivity index (χ4n) is 1.33. The molecule has 0 spiro atoms. The summed E-state index contributed by atoms with van der Waals surface area (Å²) in [6, 6.07) is 3.75. The van der Waals surface area contributed by atoms with E-state index in [2.05, 4.69) is 27.6 Å². The summed E-state index contributed by atoms with van der Waals surface area (Å²) < 4.78 is 7.18. The Morgan fingerprint density at radius 2 is 2.29 bits per heavy atom. The Morgan fingerprint density at radius 3 is 2.88 bits per heavy atom. The highest BCUT2D eigenvalue weighted by molar-refractivity contribution is 14.1. The number of aromatic nitrogens is 1. The number of hydrogen-bond acceptors (Lipinski definition) is 4. The van der Waals surface area contributed by atoms with Crippen molar-refractivity contribution in [3.8, 4) is 5.75 Å². The van der Waals surface area contributed by atoms with Crippen molar-refractivity contribution in [1.29, 1.82) is 0 Å². The van der Waals surface area contributed by atoms with Gasteiger partial charge in [-0.25, -0.2) is 9.78 Å². The number of carbonyl (C=O) groups is 1. The van der Waals surface area contributed by atoms with Crippen LogP contribution in [0.2, 0.25) is 0 Å². The zero-order valence-corrected chi connectivity index (χ0v) is 12.1. The molecule has 0 saturated carbocycles. The van der Waals surface area contributed by atoms with Gasteiger partial charge in [-0.3, -0.25) is 4.90 Å². The zero-order chi connectivity index (χ0) is 12.6. The second-order valence-corrected chi connectivity index (χ2v) is 5.41. The minimum Gasteiger partial charge on any atom is -0.494 e. The maximum Gasteiger partial charge on any atom is 0.413 e. The summed E-state index contributed by atoms with van der Waals surface area (Å²) in [5.74, 6) is 0.654. The Balaban J connectivity index is 2.64. The highest BCUT2D eigenvalue weighted by Crippen LogP contribution is 2.36. The molecule has 1 heterocycles. The van der Waals surface area contributed by atoms with Crippen molar-refractivity contribution in [2.24, 2.45) is 0 Å². The number of thiazole rings is 1. The van der Waals surface area contributed by atoms with Crippen LogP contribution in [-0.4, -0.2) is 30.3 Å². The van der Waals surface area contributed by atoms with Crippen LogP contribution in [0.1, 0.15) is 0 Å². The molecule has 0 bridgehead atoms. The first kappa shape index (κ1) is 12.4. The number of rotatable bonds is 2. The predicted molar refractivity (Wildman–Crippen MR) is 75.3 cm³/mol. The summed E-state index contributed by atoms with van der Waals surface area (Å²) in [6.07, 6.45) is -1.03. The van der Waals surface area contributed by atoms with E-state index < -0.39 is 6.09 Å². The van der Waals surface area contributed by atoms with Gasteiger partial charge in [-0.15, -0.1) is 0 Å². The first-order chi connectivity index (χ1) is 8.04. The molecule has 17 heavy (non-hydrogen) atoms. The second-order valence-electron chi connectivity index (χ2n) is 3.27. The lowest BCUT2D eigenvalue weighted by molar-refractivity contribution is 0.203. The molecule has 0 unspecified atom stereocenters. The van der Waals surface area contributed by atoms with Gasteiger partial charge >= 0.3 is 6.09 Å². The molecule has 0 atom stereocenters. The number of hydrogen-bond donors (Lipinski definition) is 1. The number of anilines is 1. The summed E-state index contributed by atoms with van der Waals surface area (Å²) in [5, 5.41) is 9.36. The van der Waals surface area contributed by atoms with Crippen molar-refractivity contribution in [3.05, 3.63) is 15.7 Å². The minimum absolute atomic E-state index is 0.440. The van der Waals surface area contributed by atoms with Crippen LogP contribution in [0.4, 0.5) is 9.93 Å². The van der Waals surface area contributed by atoms with E-state index in [0.29, 0.717) is 16.4 Å². The van der Waals surface area contributed by atoms with Crippen LogP contribution in [-0.2, 0) is 0 Å². The van der Waals surface area contributed by atoms with Gasteiger partial charge in [0.1, 0.15) is 11.3 Å². The van der Waals surface area contributed by atoms with E-state index in [1.54, 1.807) is 7.11 Å². The SMILES string of the molecule is COc1ccc(I)c2sc(N(C)C(=O)O)nc12. The smallest absolute Gasteiger partial charge is 0.413 e. The molecule has 0 aliphatic heterocycles. The van der Waals surface area contributed by atoms with Crippen molar-refractivity contribution in [2.75, 3.05) is 19.1 Å². The van der Waals surface area contributed by atoms with Crippen molar-refractivity contribution in [2.45, 2.75) is 0 Å². The summed E-state index contributed by atoms with van der Waals surface area (Å²) in [4.78, 5) is 16.3. The lowest BCUT2D eigenvalue weighted by Crippen LogP contribution is -2.23. The zero-order valence-electron chi connectivity index (χ0n) is 9.10. The van der Waals surface area contributed by atoms with E-state index in [9.17, 15) is 4.79 Å². The first-order valence-corrected chi connectivity index (χ1v) is 6.53. The number of fused-ring (bicyclic) bond motifs is 1. The van der Waals surface area contributed by atoms with E-state index in [0.717, 1.165) is 13.2 Å². The molecular formula is C10H9IN2O3S. The van der Waals surface area contributed by atoms with Gasteiger partial charge in [-0.2, -0.15) is 0 Å². The average molecular weight is 364 g/mol. The number of methoxy groups -OCH3 is 1. The van der Waals surface area contributed by atoms with Crippen LogP contribution in [0.5, 0.6) is 5.75 Å². The Kier molecular flexibility index (Phi) is 3.38. The van der Waals surface area contributed by atoms with Gasteiger partial charge < -0.3 is 9.84 Å². The van der Waals surface area contributed by atoms with Crippen LogP contribution in [0.25, 0.3) is 10.2 Å². The summed E-state index contributed by atoms with van der Waals surface area (Å²) in [7, 11) is 3.04. The Morgan fingerprint density at radius 1 is 1.59 bits per heavy atom. The van der Waals surface area contributed by atoms with Crippen LogP contribution in [0.3, 0.4) is 0 Å². The Labute approximate surface area is 115 Å². The lowest BCUT2D eigenvalue weighted by Gasteiger charge is -2.06. The van der Waals surface area contributed by atoms with Gasteiger partial charge in [-0.05, 0) is 34.7 Å². The Hall–Kier alpha value is -1.09. The van der Waals surface area contributed by atoms with Gasteiger partial charge in [0.2, 0.25) is 0 Å². The maximum absolute atomic E-state index is 10.9. The number of nitrogens with zero attached hydrogens (tertiary/aromatic N) is 2. The third-order valence-electron chi connectivity index (χ3n) is 2.24. The second kappa shape index (κ2) is 4.65. The number of amides is 1. The van der Waals surface area contributed by atoms with Gasteiger partial charge in [0.15, 0.2) is 5.13 Å². The quantitative estimate of drug-likeness (QED) is 0.833. The molecule has 0 fully saturated rings. The summed E-state index contributed by atoms with van der Waals surface area (Å²) >= 11 is 3.53. The van der Waals surface area contributed by atoms with Crippen LogP contribution < -0.4 is 9.64 Å². The number of carboxylic acid groups (broad SMARTS) is 1. The molecule has 90 valence electrons. The molecule has 2 rings (SSSR count). The van der Waals surface area contributed by atoms with Crippen LogP contribution in [0.15, 0.2) is 12.1 Å². The maximum atomic E-state index is 10.9. The van der Waals surface area contributed by atoms with E-state index in [1.807, 2.05) is 12.1 Å². The molecule has 1 amide bonds. The lowest BCUT2D eigenvalue weighted by atomic mass is 10.3. The van der Waals surface area contributed by atoms with Crippen molar-refractivity contribution in [1.82, 2.24) is 4.98 Å². The van der Waals surface area contributed by atoms with E-state index in [-0.39, 0.29) is 0 Å². The minimum atomic E-state index is -1.03. The van der Waals surface area contributed by atoms with Crippen molar-refractivity contribution < 1.29 is 14.6 Å². The van der Waals surface area contributed by atoms with Crippen LogP contribution in [0, 0.1) is 3.57 Å². The third-order valence-corrected chi connectivity index (χ3v) is 4.67. The molecule has 5 nitrogen and oxygen atoms in total. The summed E-state index contributed by atoms with van der Waals surface area (Å²) in [5.41, 5.74) is 0.701. The topological polar surface area (TPSA) is 62.7 Å². The van der Waals surface area contributed by atoms with Crippen LogP contribution >= 0.6 is 33.9 Å². The fourth-order valence-corrected chi connectivity index (χ4v) is 3.04. The molecule has 0 aliphatic carbocycles. The first-order valence-electron chi connectivity index (χ1n) is 4.64. The van der Waals surface area contributed by atoms with Gasteiger partial charge in [0, 0.05) is 10.6 Å². The molecule has 7 heteroatoms. The highest BCUT2D eigenvalue weighted by atomic mass is 127. The monoisotopic (exact) mass is 364 g/mol. The van der Waals surface area contributed by atoms with Gasteiger partial charge in [0.05, 0.1) is 11.8 Å². The molecule has 2 aromatic rings. The fraction of sp³-hybridized carbons (Fsp3) is 0.200. The van der Waals surface area contributed by atoms with Gasteiger partial charge in [0.25, 0.3) is 0 Å². The molecule has 1 aromatic heterocycles. The third kappa shape index (κ3) is 2.16. The number of halogens is 1. The summed E-state index contributed by atoms with van der Waals surface area (Å²) in [6.45, 7) is 0. The molecular weight excluding hydrogens is 355 g/mol. The van der Waals surface area contributed by atoms with Crippen molar-refractivity contribution >= 4 is 55.4 Å². The Bertz CT molecular complexity index is 584. The standard InChI is InChI=1S/C10H9IN2O3S/c1-13(10(14)15)9-12-7-6(16-2)4-3-5(11)8(7)17-9/h3-4H,1-2H3,(H,14,15). The van der Waals surface area contributed by atoms with Crippen molar-refractivity contribution in [3.63, 3.8) is 0 Å². The normalized spacial score (nSPS) is 10.5. The van der Waals surface area contributed by atoms with E-state index >= 15 is 0 Å².